The normalized spacial score (nSPS) is 15.0. The van der Waals surface area contributed by atoms with Crippen molar-refractivity contribution < 1.29 is 24.1 Å². The van der Waals surface area contributed by atoms with Gasteiger partial charge in [0, 0.05) is 18.4 Å². The summed E-state index contributed by atoms with van der Waals surface area (Å²) in [6, 6.07) is 0. The van der Waals surface area contributed by atoms with Gasteiger partial charge in [0.05, 0.1) is 13.2 Å². The van der Waals surface area contributed by atoms with E-state index < -0.39 is 31.2 Å². The Bertz CT molecular complexity index is 487. The fourth-order valence-corrected chi connectivity index (χ4v) is 5.20. The highest BCUT2D eigenvalue weighted by Gasteiger charge is 2.54. The second kappa shape index (κ2) is 18.2. The Hall–Kier alpha value is -0.260. The van der Waals surface area contributed by atoms with Gasteiger partial charge < -0.3 is 20.1 Å². The molecule has 0 amide bonds. The van der Waals surface area contributed by atoms with Crippen molar-refractivity contribution in [1.82, 2.24) is 5.32 Å². The highest BCUT2D eigenvalue weighted by atomic mass is 31.1. The number of ketones is 1. The molecule has 0 fully saturated rings. The van der Waals surface area contributed by atoms with Crippen LogP contribution in [0.5, 0.6) is 0 Å². The van der Waals surface area contributed by atoms with Crippen molar-refractivity contribution in [2.24, 2.45) is 5.41 Å². The minimum absolute atomic E-state index is 0.143. The van der Waals surface area contributed by atoms with E-state index in [0.717, 1.165) is 12.8 Å². The number of carbonyl (C=O) groups excluding carboxylic acids is 1. The number of aliphatic hydroxyl groups excluding tert-OH is 1. The summed E-state index contributed by atoms with van der Waals surface area (Å²) < 4.78 is 18.0. The van der Waals surface area contributed by atoms with Crippen molar-refractivity contribution in [3.63, 3.8) is 0 Å². The van der Waals surface area contributed by atoms with Gasteiger partial charge in [-0.05, 0) is 13.5 Å². The van der Waals surface area contributed by atoms with Crippen molar-refractivity contribution in [2.75, 3.05) is 26.8 Å². The van der Waals surface area contributed by atoms with Crippen molar-refractivity contribution in [3.05, 3.63) is 0 Å². The van der Waals surface area contributed by atoms with Crippen LogP contribution in [-0.2, 0) is 13.9 Å². The maximum Gasteiger partial charge on any atom is 0.230 e. The Kier molecular flexibility index (Phi) is 18.0. The van der Waals surface area contributed by atoms with Gasteiger partial charge in [-0.1, -0.05) is 97.8 Å². The monoisotopic (exact) mass is 463 g/mol. The quantitative estimate of drug-likeness (QED) is 0.146. The zero-order chi connectivity index (χ0) is 23.6. The first-order chi connectivity index (χ1) is 14.8. The van der Waals surface area contributed by atoms with E-state index in [0.29, 0.717) is 13.0 Å². The van der Waals surface area contributed by atoms with Crippen LogP contribution >= 0.6 is 8.03 Å². The van der Waals surface area contributed by atoms with Gasteiger partial charge in [-0.3, -0.25) is 9.36 Å². The predicted octanol–water partition coefficient (Wildman–Crippen LogP) is 5.45. The average molecular weight is 464 g/mol. The van der Waals surface area contributed by atoms with E-state index in [1.807, 2.05) is 0 Å². The lowest BCUT2D eigenvalue weighted by Crippen LogP contribution is -2.50. The Morgan fingerprint density at radius 1 is 0.903 bits per heavy atom. The number of nitrogens with one attached hydrogen (secondary N) is 1. The van der Waals surface area contributed by atoms with Crippen LogP contribution in [0.15, 0.2) is 0 Å². The van der Waals surface area contributed by atoms with Crippen LogP contribution < -0.4 is 5.32 Å². The van der Waals surface area contributed by atoms with Crippen LogP contribution in [0.4, 0.5) is 0 Å². The number of hydrogen-bond donors (Lipinski definition) is 3. The minimum atomic E-state index is -3.08. The van der Waals surface area contributed by atoms with Crippen molar-refractivity contribution in [3.8, 4) is 0 Å². The Morgan fingerprint density at radius 2 is 1.35 bits per heavy atom. The van der Waals surface area contributed by atoms with Crippen LogP contribution in [0.25, 0.3) is 0 Å². The number of carbonyl (C=O) groups is 1. The maximum atomic E-state index is 12.8. The van der Waals surface area contributed by atoms with Crippen molar-refractivity contribution in [2.45, 2.75) is 116 Å². The molecule has 0 aromatic heterocycles. The van der Waals surface area contributed by atoms with E-state index in [1.165, 1.54) is 64.2 Å². The summed E-state index contributed by atoms with van der Waals surface area (Å²) in [5.41, 5.74) is -1.23. The maximum absolute atomic E-state index is 12.8. The zero-order valence-electron chi connectivity index (χ0n) is 20.6. The number of unbranched alkanes of at least 4 members (excludes halogenated alkanes) is 12. The summed E-state index contributed by atoms with van der Waals surface area (Å²) in [6.07, 6.45) is 15.9. The molecule has 0 spiro atoms. The number of likely N-dealkylation sites (N-methyl/N-ethyl adjacent to an activating group) is 1. The smallest absolute Gasteiger partial charge is 0.230 e. The Balaban J connectivity index is 4.17. The fraction of sp³-hybridized carbons (Fsp3) is 0.958. The topological polar surface area (TPSA) is 95.9 Å². The first-order valence-corrected chi connectivity index (χ1v) is 13.8. The molecule has 7 heteroatoms. The molecule has 0 saturated carbocycles. The van der Waals surface area contributed by atoms with Gasteiger partial charge in [-0.2, -0.15) is 0 Å². The van der Waals surface area contributed by atoms with Gasteiger partial charge in [0.15, 0.2) is 5.78 Å². The van der Waals surface area contributed by atoms with Crippen molar-refractivity contribution in [1.29, 1.82) is 0 Å². The average Bonchev–Trinajstić information content (AvgIpc) is 2.76. The van der Waals surface area contributed by atoms with Gasteiger partial charge >= 0.3 is 0 Å². The molecular formula is C24H50NO5P. The largest absolute Gasteiger partial charge is 0.396 e. The molecule has 0 aromatic carbocycles. The van der Waals surface area contributed by atoms with E-state index in [-0.39, 0.29) is 13.0 Å². The first kappa shape index (κ1) is 30.7. The first-order valence-electron chi connectivity index (χ1n) is 12.5. The summed E-state index contributed by atoms with van der Waals surface area (Å²) in [5.74, 6) is -0.483. The van der Waals surface area contributed by atoms with E-state index in [1.54, 1.807) is 20.9 Å². The van der Waals surface area contributed by atoms with Gasteiger partial charge in [-0.15, -0.1) is 0 Å². The number of Topliss-reactive ketones (excluding diaryl/α,β-unsaturated/α-hetero) is 1. The lowest BCUT2D eigenvalue weighted by Gasteiger charge is -2.39. The Labute approximate surface area is 191 Å². The second-order valence-electron chi connectivity index (χ2n) is 9.41. The molecule has 0 aliphatic carbocycles. The third-order valence-corrected chi connectivity index (χ3v) is 8.18. The third-order valence-electron chi connectivity index (χ3n) is 6.17. The number of aliphatic hydroxyl groups is 2. The summed E-state index contributed by atoms with van der Waals surface area (Å²) in [4.78, 5) is 12.8. The molecule has 0 aliphatic heterocycles. The summed E-state index contributed by atoms with van der Waals surface area (Å²) >= 11 is 0. The van der Waals surface area contributed by atoms with Gasteiger partial charge in [-0.25, -0.2) is 0 Å². The molecule has 0 saturated heterocycles. The lowest BCUT2D eigenvalue weighted by atomic mass is 9.83. The third kappa shape index (κ3) is 12.0. The summed E-state index contributed by atoms with van der Waals surface area (Å²) in [6.45, 7) is 5.52. The molecule has 0 aliphatic rings. The predicted molar refractivity (Wildman–Crippen MR) is 130 cm³/mol. The molecule has 0 radical (unpaired) electrons. The molecule has 0 aromatic rings. The van der Waals surface area contributed by atoms with E-state index in [9.17, 15) is 19.6 Å². The molecule has 0 heterocycles. The van der Waals surface area contributed by atoms with E-state index in [2.05, 4.69) is 12.2 Å². The molecule has 2 atom stereocenters. The second-order valence-corrected chi connectivity index (χ2v) is 11.0. The summed E-state index contributed by atoms with van der Waals surface area (Å²) in [5, 5.41) is 21.5. The molecule has 0 bridgehead atoms. The number of rotatable bonds is 22. The van der Waals surface area contributed by atoms with Crippen molar-refractivity contribution >= 4 is 13.8 Å². The molecule has 2 unspecified atom stereocenters. The molecule has 31 heavy (non-hydrogen) atoms. The van der Waals surface area contributed by atoms with Crippen LogP contribution in [0.1, 0.15) is 111 Å². The molecule has 186 valence electrons. The van der Waals surface area contributed by atoms with Crippen LogP contribution in [0, 0.1) is 5.41 Å². The van der Waals surface area contributed by atoms with Crippen LogP contribution in [0.3, 0.4) is 0 Å². The molecule has 0 rings (SSSR count). The molecule has 6 nitrogen and oxygen atoms in total. The van der Waals surface area contributed by atoms with E-state index in [4.69, 9.17) is 4.52 Å². The highest BCUT2D eigenvalue weighted by molar-refractivity contribution is 7.42. The fourth-order valence-electron chi connectivity index (χ4n) is 3.72. The highest BCUT2D eigenvalue weighted by Crippen LogP contribution is 2.50. The van der Waals surface area contributed by atoms with Gasteiger partial charge in [0.25, 0.3) is 0 Å². The summed E-state index contributed by atoms with van der Waals surface area (Å²) in [7, 11) is -1.34. The van der Waals surface area contributed by atoms with Crippen LogP contribution in [-0.4, -0.2) is 48.1 Å². The minimum Gasteiger partial charge on any atom is -0.396 e. The van der Waals surface area contributed by atoms with Gasteiger partial charge in [0.1, 0.15) is 0 Å². The van der Waals surface area contributed by atoms with E-state index >= 15 is 0 Å². The lowest BCUT2D eigenvalue weighted by molar-refractivity contribution is -0.141. The molecular weight excluding hydrogens is 413 g/mol. The van der Waals surface area contributed by atoms with Crippen LogP contribution in [0.2, 0.25) is 0 Å². The SMILES string of the molecule is CCCCCCCCCCCCCCCC(=O)C(O)([PH](=O)OCCNC)C(C)(C)CO. The number of hydrogen-bond acceptors (Lipinski definition) is 6. The molecule has 3 N–H and O–H groups in total. The zero-order valence-corrected chi connectivity index (χ0v) is 21.6. The standard InChI is InChI=1S/C24H50NO5P/c1-5-6-7-8-9-10-11-12-13-14-15-16-17-18-22(27)24(28,23(2,3)21-26)31(29)30-20-19-25-4/h25-26,28,31H,5-21H2,1-4H3. The van der Waals surface area contributed by atoms with Gasteiger partial charge in [0.2, 0.25) is 13.4 Å². The Morgan fingerprint density at radius 3 is 1.77 bits per heavy atom.